The first-order valence-corrected chi connectivity index (χ1v) is 11.5. The third-order valence-corrected chi connectivity index (χ3v) is 6.68. The molecule has 0 unspecified atom stereocenters. The first kappa shape index (κ1) is 21.8. The van der Waals surface area contributed by atoms with E-state index in [1.54, 1.807) is 39.0 Å². The smallest absolute Gasteiger partial charge is 0.338 e. The zero-order valence-corrected chi connectivity index (χ0v) is 19.1. The molecule has 0 spiro atoms. The number of rotatable bonds is 5. The molecule has 1 aromatic carbocycles. The topological polar surface area (TPSA) is 104 Å². The third-order valence-electron chi connectivity index (χ3n) is 4.78. The molecule has 164 valence electrons. The van der Waals surface area contributed by atoms with E-state index in [-0.39, 0.29) is 17.4 Å². The van der Waals surface area contributed by atoms with Gasteiger partial charge in [-0.2, -0.15) is 0 Å². The van der Waals surface area contributed by atoms with Crippen LogP contribution in [-0.2, 0) is 9.53 Å². The van der Waals surface area contributed by atoms with E-state index in [0.29, 0.717) is 26.2 Å². The lowest BCUT2D eigenvalue weighted by Crippen LogP contribution is -2.39. The number of nitro benzene ring substituents is 1. The van der Waals surface area contributed by atoms with Crippen molar-refractivity contribution in [3.05, 3.63) is 93.3 Å². The van der Waals surface area contributed by atoms with Crippen molar-refractivity contribution < 1.29 is 14.5 Å². The van der Waals surface area contributed by atoms with Gasteiger partial charge in [-0.1, -0.05) is 29.5 Å². The molecule has 4 rings (SSSR count). The van der Waals surface area contributed by atoms with Crippen molar-refractivity contribution in [2.45, 2.75) is 32.9 Å². The number of carbonyl (C=O) groups excluding carboxylic acids is 1. The molecule has 0 radical (unpaired) electrons. The second kappa shape index (κ2) is 8.64. The van der Waals surface area contributed by atoms with Crippen molar-refractivity contribution in [1.82, 2.24) is 4.57 Å². The SMILES string of the molecule is CC1=C(C(=O)OC(C)C)[C@H](c2cccs2)n2c(s/c(=C/c3cccc([N+](=O)[O-])c3)c2=O)=N1. The highest BCUT2D eigenvalue weighted by molar-refractivity contribution is 7.10. The highest BCUT2D eigenvalue weighted by atomic mass is 32.1. The fourth-order valence-corrected chi connectivity index (χ4v) is 5.33. The number of non-ortho nitro benzene ring substituents is 1. The summed E-state index contributed by atoms with van der Waals surface area (Å²) in [4.78, 5) is 42.7. The van der Waals surface area contributed by atoms with Crippen LogP contribution in [0.2, 0.25) is 0 Å². The van der Waals surface area contributed by atoms with Crippen LogP contribution in [-0.4, -0.2) is 21.6 Å². The summed E-state index contributed by atoms with van der Waals surface area (Å²) in [6.45, 7) is 5.26. The number of nitro groups is 1. The summed E-state index contributed by atoms with van der Waals surface area (Å²) < 4.78 is 7.32. The monoisotopic (exact) mass is 469 g/mol. The number of aromatic nitrogens is 1. The number of nitrogens with zero attached hydrogens (tertiary/aromatic N) is 3. The van der Waals surface area contributed by atoms with Crippen LogP contribution >= 0.6 is 22.7 Å². The van der Waals surface area contributed by atoms with Crippen LogP contribution in [0.4, 0.5) is 5.69 Å². The van der Waals surface area contributed by atoms with Crippen molar-refractivity contribution in [2.24, 2.45) is 4.99 Å². The van der Waals surface area contributed by atoms with Gasteiger partial charge >= 0.3 is 5.97 Å². The van der Waals surface area contributed by atoms with Gasteiger partial charge in [0, 0.05) is 17.0 Å². The average Bonchev–Trinajstić information content (AvgIpc) is 3.35. The van der Waals surface area contributed by atoms with Crippen LogP contribution in [0.5, 0.6) is 0 Å². The van der Waals surface area contributed by atoms with Crippen molar-refractivity contribution >= 4 is 40.4 Å². The maximum Gasteiger partial charge on any atom is 0.338 e. The Kier molecular flexibility index (Phi) is 5.90. The lowest BCUT2D eigenvalue weighted by molar-refractivity contribution is -0.384. The molecule has 0 fully saturated rings. The van der Waals surface area contributed by atoms with Crippen LogP contribution in [0.25, 0.3) is 6.08 Å². The third kappa shape index (κ3) is 4.06. The normalized spacial score (nSPS) is 16.1. The van der Waals surface area contributed by atoms with E-state index in [1.165, 1.54) is 39.4 Å². The maximum atomic E-state index is 13.4. The van der Waals surface area contributed by atoms with Gasteiger partial charge in [0.2, 0.25) is 0 Å². The van der Waals surface area contributed by atoms with E-state index >= 15 is 0 Å². The van der Waals surface area contributed by atoms with Crippen LogP contribution < -0.4 is 14.9 Å². The summed E-state index contributed by atoms with van der Waals surface area (Å²) in [5.41, 5.74) is 0.985. The number of benzene rings is 1. The van der Waals surface area contributed by atoms with Crippen molar-refractivity contribution in [2.75, 3.05) is 0 Å². The average molecular weight is 470 g/mol. The Hall–Kier alpha value is -3.37. The van der Waals surface area contributed by atoms with Crippen molar-refractivity contribution in [1.29, 1.82) is 0 Å². The van der Waals surface area contributed by atoms with Crippen molar-refractivity contribution in [3.63, 3.8) is 0 Å². The number of hydrogen-bond acceptors (Lipinski definition) is 8. The maximum absolute atomic E-state index is 13.4. The predicted molar refractivity (Wildman–Crippen MR) is 122 cm³/mol. The largest absolute Gasteiger partial charge is 0.459 e. The molecule has 0 saturated carbocycles. The van der Waals surface area contributed by atoms with E-state index in [9.17, 15) is 19.7 Å². The highest BCUT2D eigenvalue weighted by Gasteiger charge is 2.34. The first-order chi connectivity index (χ1) is 15.3. The Labute approximate surface area is 190 Å². The van der Waals surface area contributed by atoms with Crippen LogP contribution in [0.1, 0.15) is 37.3 Å². The molecule has 2 aromatic heterocycles. The fraction of sp³-hybridized carbons (Fsp3) is 0.227. The molecule has 3 heterocycles. The van der Waals surface area contributed by atoms with Gasteiger partial charge in [0.25, 0.3) is 11.2 Å². The molecule has 32 heavy (non-hydrogen) atoms. The molecule has 0 aliphatic carbocycles. The van der Waals surface area contributed by atoms with Gasteiger partial charge in [-0.25, -0.2) is 9.79 Å². The highest BCUT2D eigenvalue weighted by Crippen LogP contribution is 2.33. The Morgan fingerprint density at radius 1 is 1.31 bits per heavy atom. The van der Waals surface area contributed by atoms with Gasteiger partial charge in [-0.3, -0.25) is 19.5 Å². The van der Waals surface area contributed by atoms with Crippen LogP contribution in [0.3, 0.4) is 0 Å². The molecule has 0 bridgehead atoms. The first-order valence-electron chi connectivity index (χ1n) is 9.77. The van der Waals surface area contributed by atoms with Gasteiger partial charge in [0.15, 0.2) is 4.80 Å². The number of ether oxygens (including phenoxy) is 1. The molecular formula is C22H19N3O5S2. The zero-order valence-electron chi connectivity index (χ0n) is 17.5. The van der Waals surface area contributed by atoms with Gasteiger partial charge in [-0.15, -0.1) is 11.3 Å². The summed E-state index contributed by atoms with van der Waals surface area (Å²) in [5.74, 6) is -0.507. The molecule has 0 saturated heterocycles. The van der Waals surface area contributed by atoms with Crippen LogP contribution in [0, 0.1) is 10.1 Å². The van der Waals surface area contributed by atoms with Crippen LogP contribution in [0.15, 0.2) is 62.8 Å². The quantitative estimate of drug-likeness (QED) is 0.324. The predicted octanol–water partition coefficient (Wildman–Crippen LogP) is 3.16. The number of hydrogen-bond donors (Lipinski definition) is 0. The molecular weight excluding hydrogens is 450 g/mol. The summed E-state index contributed by atoms with van der Waals surface area (Å²) in [5, 5.41) is 13.0. The molecule has 0 N–H and O–H groups in total. The van der Waals surface area contributed by atoms with E-state index in [4.69, 9.17) is 4.74 Å². The van der Waals surface area contributed by atoms with Crippen molar-refractivity contribution in [3.8, 4) is 0 Å². The minimum absolute atomic E-state index is 0.0578. The number of thiazole rings is 1. The van der Waals surface area contributed by atoms with E-state index in [1.807, 2.05) is 17.5 Å². The minimum atomic E-state index is -0.648. The minimum Gasteiger partial charge on any atom is -0.459 e. The Balaban J connectivity index is 1.91. The summed E-state index contributed by atoms with van der Waals surface area (Å²) in [6, 6.07) is 9.15. The molecule has 8 nitrogen and oxygen atoms in total. The number of thiophene rings is 1. The molecule has 1 aliphatic rings. The standard InChI is InChI=1S/C22H19N3O5S2/c1-12(2)30-21(27)18-13(3)23-22-24(19(18)16-8-5-9-31-16)20(26)17(32-22)11-14-6-4-7-15(10-14)25(28)29/h4-12,19H,1-3H3/b17-11+/t19-/m0/s1. The molecule has 1 aliphatic heterocycles. The molecule has 3 aromatic rings. The second-order valence-corrected chi connectivity index (χ2v) is 9.39. The zero-order chi connectivity index (χ0) is 23.0. The van der Waals surface area contributed by atoms with E-state index in [0.717, 1.165) is 4.88 Å². The number of esters is 1. The molecule has 10 heteroatoms. The summed E-state index contributed by atoms with van der Waals surface area (Å²) >= 11 is 2.62. The molecule has 0 amide bonds. The van der Waals surface area contributed by atoms with Gasteiger partial charge in [-0.05, 0) is 43.9 Å². The van der Waals surface area contributed by atoms with Gasteiger partial charge in [0.1, 0.15) is 6.04 Å². The van der Waals surface area contributed by atoms with Gasteiger partial charge in [0.05, 0.1) is 26.8 Å². The number of allylic oxidation sites excluding steroid dienone is 1. The fourth-order valence-electron chi connectivity index (χ4n) is 3.46. The van der Waals surface area contributed by atoms with E-state index in [2.05, 4.69) is 4.99 Å². The molecule has 1 atom stereocenters. The summed E-state index contributed by atoms with van der Waals surface area (Å²) in [6.07, 6.45) is 1.29. The Morgan fingerprint density at radius 3 is 2.75 bits per heavy atom. The lowest BCUT2D eigenvalue weighted by atomic mass is 10.0. The number of carbonyl (C=O) groups is 1. The summed E-state index contributed by atoms with van der Waals surface area (Å²) in [7, 11) is 0. The van der Waals surface area contributed by atoms with E-state index < -0.39 is 16.9 Å². The lowest BCUT2D eigenvalue weighted by Gasteiger charge is -2.24. The Bertz CT molecular complexity index is 1410. The van der Waals surface area contributed by atoms with Gasteiger partial charge < -0.3 is 4.74 Å². The Morgan fingerprint density at radius 2 is 2.09 bits per heavy atom. The second-order valence-electron chi connectivity index (χ2n) is 7.40. The number of fused-ring (bicyclic) bond motifs is 1.